The van der Waals surface area contributed by atoms with Gasteiger partial charge in [0.2, 0.25) is 41.4 Å². The topological polar surface area (TPSA) is 177 Å². The summed E-state index contributed by atoms with van der Waals surface area (Å²) in [6.07, 6.45) is 3.94. The zero-order valence-electron chi connectivity index (χ0n) is 34.9. The Balaban J connectivity index is 1.39. The lowest BCUT2D eigenvalue weighted by molar-refractivity contribution is -0.145. The van der Waals surface area contributed by atoms with Gasteiger partial charge in [-0.15, -0.1) is 0 Å². The molecule has 4 fully saturated rings. The lowest BCUT2D eigenvalue weighted by atomic mass is 9.95. The largest absolute Gasteiger partial charge is 0.343 e. The highest BCUT2D eigenvalue weighted by Gasteiger charge is 2.45. The summed E-state index contributed by atoms with van der Waals surface area (Å²) >= 11 is 0. The minimum atomic E-state index is -1.05. The van der Waals surface area contributed by atoms with Crippen molar-refractivity contribution in [2.45, 2.75) is 134 Å². The number of carbonyl (C=O) groups is 7. The molecule has 4 N–H and O–H groups in total. The Labute approximate surface area is 347 Å². The zero-order chi connectivity index (χ0) is 42.2. The van der Waals surface area contributed by atoms with Crippen LogP contribution in [-0.2, 0) is 46.4 Å². The number of rotatable bonds is 8. The van der Waals surface area contributed by atoms with Gasteiger partial charge in [0.05, 0.1) is 0 Å². The van der Waals surface area contributed by atoms with Gasteiger partial charge in [0.15, 0.2) is 0 Å². The number of benzene rings is 2. The summed E-state index contributed by atoms with van der Waals surface area (Å²) < 4.78 is 0. The molecular formula is C45H61N7O7. The first kappa shape index (κ1) is 43.3. The Bertz CT molecular complexity index is 1840. The van der Waals surface area contributed by atoms with Crippen LogP contribution in [0, 0.1) is 11.8 Å². The van der Waals surface area contributed by atoms with Gasteiger partial charge in [-0.25, -0.2) is 0 Å². The van der Waals surface area contributed by atoms with Crippen molar-refractivity contribution in [2.75, 3.05) is 19.6 Å². The van der Waals surface area contributed by atoms with Gasteiger partial charge in [0, 0.05) is 32.5 Å². The molecule has 4 heterocycles. The van der Waals surface area contributed by atoms with Crippen molar-refractivity contribution in [1.29, 1.82) is 0 Å². The third-order valence-corrected chi connectivity index (χ3v) is 12.4. The van der Waals surface area contributed by atoms with Gasteiger partial charge >= 0.3 is 0 Å². The first-order valence-electron chi connectivity index (χ1n) is 21.6. The SMILES string of the molecule is CCC(C)C1NC(=O)C(CC(C)C)NC(=O)C2CCCN2C(=O)C(Cc2ccccc2)NC(=O)C2CCCN2C(=O)C(Cc2ccccc2)NC(=O)C2CCCN2C1=O. The van der Waals surface area contributed by atoms with Crippen molar-refractivity contribution in [3.05, 3.63) is 71.8 Å². The predicted octanol–water partition coefficient (Wildman–Crippen LogP) is 2.49. The number of nitrogens with zero attached hydrogens (tertiary/aromatic N) is 3. The van der Waals surface area contributed by atoms with Crippen molar-refractivity contribution >= 4 is 41.4 Å². The molecule has 2 aromatic rings. The highest BCUT2D eigenvalue weighted by Crippen LogP contribution is 2.26. The van der Waals surface area contributed by atoms with Gasteiger partial charge in [-0.2, -0.15) is 0 Å². The molecule has 0 radical (unpaired) electrons. The highest BCUT2D eigenvalue weighted by atomic mass is 16.2. The number of amides is 7. The van der Waals surface area contributed by atoms with Gasteiger partial charge in [-0.1, -0.05) is 94.8 Å². The van der Waals surface area contributed by atoms with Crippen LogP contribution >= 0.6 is 0 Å². The Morgan fingerprint density at radius 1 is 0.525 bits per heavy atom. The van der Waals surface area contributed by atoms with Crippen LogP contribution in [0.1, 0.15) is 90.2 Å². The number of carbonyl (C=O) groups excluding carboxylic acids is 7. The molecule has 0 aromatic heterocycles. The van der Waals surface area contributed by atoms with Crippen LogP contribution in [0.4, 0.5) is 0 Å². The molecule has 8 unspecified atom stereocenters. The average molecular weight is 812 g/mol. The van der Waals surface area contributed by atoms with E-state index in [1.807, 2.05) is 88.4 Å². The van der Waals surface area contributed by atoms with Crippen LogP contribution in [0.25, 0.3) is 0 Å². The Morgan fingerprint density at radius 2 is 0.915 bits per heavy atom. The van der Waals surface area contributed by atoms with Gasteiger partial charge in [-0.3, -0.25) is 33.6 Å². The average Bonchev–Trinajstić information content (AvgIpc) is 4.03. The second kappa shape index (κ2) is 19.7. The van der Waals surface area contributed by atoms with Crippen molar-refractivity contribution in [3.8, 4) is 0 Å². The first-order chi connectivity index (χ1) is 28.4. The third-order valence-electron chi connectivity index (χ3n) is 12.4. The summed E-state index contributed by atoms with van der Waals surface area (Å²) in [5.41, 5.74) is 1.62. The minimum absolute atomic E-state index is 0.00147. The Morgan fingerprint density at radius 3 is 1.31 bits per heavy atom. The smallest absolute Gasteiger partial charge is 0.246 e. The van der Waals surface area contributed by atoms with Gasteiger partial charge in [-0.05, 0) is 67.9 Å². The monoisotopic (exact) mass is 811 g/mol. The Hall–Kier alpha value is -5.27. The molecule has 14 nitrogen and oxygen atoms in total. The van der Waals surface area contributed by atoms with Crippen molar-refractivity contribution in [3.63, 3.8) is 0 Å². The van der Waals surface area contributed by atoms with E-state index in [-0.39, 0.29) is 44.2 Å². The highest BCUT2D eigenvalue weighted by molar-refractivity contribution is 5.99. The Kier molecular flexibility index (Phi) is 14.4. The first-order valence-corrected chi connectivity index (χ1v) is 21.6. The van der Waals surface area contributed by atoms with E-state index >= 15 is 0 Å². The van der Waals surface area contributed by atoms with E-state index in [4.69, 9.17) is 0 Å². The van der Waals surface area contributed by atoms with E-state index in [0.29, 0.717) is 51.5 Å². The van der Waals surface area contributed by atoms with Crippen LogP contribution in [0.5, 0.6) is 0 Å². The molecule has 14 heteroatoms. The van der Waals surface area contributed by atoms with E-state index in [1.54, 1.807) is 0 Å². The van der Waals surface area contributed by atoms with Crippen molar-refractivity contribution in [2.24, 2.45) is 11.8 Å². The van der Waals surface area contributed by atoms with Gasteiger partial charge in [0.25, 0.3) is 0 Å². The van der Waals surface area contributed by atoms with E-state index in [0.717, 1.165) is 11.1 Å². The summed E-state index contributed by atoms with van der Waals surface area (Å²) in [6, 6.07) is 11.9. The predicted molar refractivity (Wildman–Crippen MR) is 221 cm³/mol. The number of fused-ring (bicyclic) bond motifs is 3. The van der Waals surface area contributed by atoms with Crippen molar-refractivity contribution < 1.29 is 33.6 Å². The summed E-state index contributed by atoms with van der Waals surface area (Å²) in [5.74, 6) is -3.52. The second-order valence-corrected chi connectivity index (χ2v) is 17.1. The fraction of sp³-hybridized carbons (Fsp3) is 0.578. The maximum Gasteiger partial charge on any atom is 0.246 e. The lowest BCUT2D eigenvalue weighted by Gasteiger charge is -2.34. The van der Waals surface area contributed by atoms with Gasteiger partial charge in [0.1, 0.15) is 42.3 Å². The van der Waals surface area contributed by atoms with Crippen LogP contribution in [-0.4, -0.2) is 118 Å². The third kappa shape index (κ3) is 10.3. The maximum atomic E-state index is 14.6. The standard InChI is InChI=1S/C45H61N7O7/c1-5-29(4)38-45(59)52-24-14-21-37(52)42(56)48-34(27-31-17-10-7-11-18-31)44(58)51-23-13-20-36(51)41(55)47-33(26-30-15-8-6-9-16-30)43(57)50-22-12-19-35(50)40(54)46-32(25-28(2)3)39(53)49-38/h6-11,15-18,28-29,32-38H,5,12-14,19-27H2,1-4H3,(H,46,54)(H,47,55)(H,48,56)(H,49,53). The van der Waals surface area contributed by atoms with E-state index in [2.05, 4.69) is 21.3 Å². The number of hydrogen-bond acceptors (Lipinski definition) is 7. The van der Waals surface area contributed by atoms with Crippen LogP contribution in [0.2, 0.25) is 0 Å². The molecule has 2 aromatic carbocycles. The molecule has 4 aliphatic heterocycles. The van der Waals surface area contributed by atoms with E-state index < -0.39 is 83.6 Å². The minimum Gasteiger partial charge on any atom is -0.343 e. The summed E-state index contributed by atoms with van der Waals surface area (Å²) in [7, 11) is 0. The van der Waals surface area contributed by atoms with Crippen molar-refractivity contribution in [1.82, 2.24) is 36.0 Å². The molecule has 6 rings (SSSR count). The van der Waals surface area contributed by atoms with E-state index in [9.17, 15) is 33.6 Å². The molecular weight excluding hydrogens is 751 g/mol. The number of hydrogen-bond donors (Lipinski definition) is 4. The molecule has 0 saturated carbocycles. The number of nitrogens with one attached hydrogen (secondary N) is 4. The maximum absolute atomic E-state index is 14.6. The van der Waals surface area contributed by atoms with Crippen LogP contribution in [0.15, 0.2) is 60.7 Å². The quantitative estimate of drug-likeness (QED) is 0.317. The normalized spacial score (nSPS) is 28.3. The lowest BCUT2D eigenvalue weighted by Crippen LogP contribution is -2.60. The summed E-state index contributed by atoms with van der Waals surface area (Å²) in [6.45, 7) is 8.54. The molecule has 8 atom stereocenters. The molecule has 4 saturated heterocycles. The molecule has 59 heavy (non-hydrogen) atoms. The molecule has 4 aliphatic rings. The zero-order valence-corrected chi connectivity index (χ0v) is 34.9. The molecule has 0 bridgehead atoms. The fourth-order valence-corrected chi connectivity index (χ4v) is 9.03. The summed E-state index contributed by atoms with van der Waals surface area (Å²) in [5, 5.41) is 11.9. The molecule has 7 amide bonds. The second-order valence-electron chi connectivity index (χ2n) is 17.1. The fourth-order valence-electron chi connectivity index (χ4n) is 9.03. The van der Waals surface area contributed by atoms with Crippen LogP contribution in [0.3, 0.4) is 0 Å². The van der Waals surface area contributed by atoms with Crippen LogP contribution < -0.4 is 21.3 Å². The molecule has 318 valence electrons. The summed E-state index contributed by atoms with van der Waals surface area (Å²) in [4.78, 5) is 105. The molecule has 0 aliphatic carbocycles. The van der Waals surface area contributed by atoms with E-state index in [1.165, 1.54) is 14.7 Å². The van der Waals surface area contributed by atoms with Gasteiger partial charge < -0.3 is 36.0 Å². The molecule has 0 spiro atoms.